The molecule has 1 N–H and O–H groups in total. The lowest BCUT2D eigenvalue weighted by Gasteiger charge is -2.13. The Morgan fingerprint density at radius 3 is 2.86 bits per heavy atom. The highest BCUT2D eigenvalue weighted by Gasteiger charge is 2.11. The van der Waals surface area contributed by atoms with Gasteiger partial charge in [0.15, 0.2) is 0 Å². The zero-order valence-corrected chi connectivity index (χ0v) is 13.9. The average molecular weight is 363 g/mol. The molecule has 0 saturated heterocycles. The second kappa shape index (κ2) is 6.18. The summed E-state index contributed by atoms with van der Waals surface area (Å²) in [6, 6.07) is 14.0. The van der Waals surface area contributed by atoms with Crippen molar-refractivity contribution in [1.82, 2.24) is 0 Å². The number of aliphatic hydroxyl groups is 1. The molecule has 0 saturated carbocycles. The van der Waals surface area contributed by atoms with Gasteiger partial charge in [-0.05, 0) is 35.9 Å². The van der Waals surface area contributed by atoms with Crippen LogP contribution in [0.3, 0.4) is 0 Å². The molecule has 3 rings (SSSR count). The molecular formula is C17H15BrO2S. The Kier molecular flexibility index (Phi) is 4.29. The maximum atomic E-state index is 9.83. The Labute approximate surface area is 136 Å². The second-order valence-corrected chi connectivity index (χ2v) is 6.73. The van der Waals surface area contributed by atoms with E-state index in [4.69, 9.17) is 4.74 Å². The number of hydrogen-bond donors (Lipinski definition) is 1. The van der Waals surface area contributed by atoms with Gasteiger partial charge in [-0.15, -0.1) is 11.3 Å². The fourth-order valence-electron chi connectivity index (χ4n) is 2.28. The first-order valence-corrected chi connectivity index (χ1v) is 8.38. The topological polar surface area (TPSA) is 29.5 Å². The molecule has 2 aromatic carbocycles. The number of aliphatic hydroxyl groups excluding tert-OH is 1. The van der Waals surface area contributed by atoms with Crippen LogP contribution in [0.25, 0.3) is 10.1 Å². The molecule has 21 heavy (non-hydrogen) atoms. The molecule has 0 bridgehead atoms. The minimum atomic E-state index is -0.549. The van der Waals surface area contributed by atoms with Crippen molar-refractivity contribution >= 4 is 37.4 Å². The zero-order chi connectivity index (χ0) is 14.8. The monoisotopic (exact) mass is 362 g/mol. The van der Waals surface area contributed by atoms with E-state index in [1.54, 1.807) is 18.3 Å². The molecule has 0 spiro atoms. The maximum absolute atomic E-state index is 9.83. The molecule has 1 atom stereocenters. The van der Waals surface area contributed by atoms with Crippen molar-refractivity contribution in [3.05, 3.63) is 63.4 Å². The highest BCUT2D eigenvalue weighted by molar-refractivity contribution is 9.10. The molecule has 0 aliphatic rings. The summed E-state index contributed by atoms with van der Waals surface area (Å²) in [5, 5.41) is 13.2. The normalized spacial score (nSPS) is 12.5. The van der Waals surface area contributed by atoms with Crippen LogP contribution in [-0.4, -0.2) is 5.11 Å². The van der Waals surface area contributed by atoms with E-state index in [1.807, 2.05) is 30.3 Å². The largest absolute Gasteiger partial charge is 0.488 e. The lowest BCUT2D eigenvalue weighted by molar-refractivity contribution is 0.190. The number of halogens is 1. The third-order valence-electron chi connectivity index (χ3n) is 3.37. The van der Waals surface area contributed by atoms with E-state index in [2.05, 4.69) is 33.4 Å². The SMILES string of the molecule is CC(O)c1ccc(Br)cc1OCc1csc2ccccc12. The zero-order valence-electron chi connectivity index (χ0n) is 11.5. The van der Waals surface area contributed by atoms with Crippen molar-refractivity contribution in [3.63, 3.8) is 0 Å². The number of benzene rings is 2. The Balaban J connectivity index is 1.86. The van der Waals surface area contributed by atoms with E-state index in [-0.39, 0.29) is 0 Å². The Hall–Kier alpha value is -1.36. The molecule has 0 aliphatic carbocycles. The van der Waals surface area contributed by atoms with Crippen molar-refractivity contribution in [3.8, 4) is 5.75 Å². The predicted molar refractivity (Wildman–Crippen MR) is 90.9 cm³/mol. The van der Waals surface area contributed by atoms with Gasteiger partial charge in [-0.3, -0.25) is 0 Å². The third-order valence-corrected chi connectivity index (χ3v) is 4.88. The minimum absolute atomic E-state index is 0.500. The van der Waals surface area contributed by atoms with Gasteiger partial charge in [0.1, 0.15) is 12.4 Å². The molecule has 1 heterocycles. The van der Waals surface area contributed by atoms with E-state index in [0.29, 0.717) is 6.61 Å². The van der Waals surface area contributed by atoms with E-state index in [0.717, 1.165) is 15.8 Å². The molecule has 4 heteroatoms. The molecule has 3 aromatic rings. The van der Waals surface area contributed by atoms with Crippen LogP contribution in [0.2, 0.25) is 0 Å². The molecule has 2 nitrogen and oxygen atoms in total. The number of ether oxygens (including phenoxy) is 1. The summed E-state index contributed by atoms with van der Waals surface area (Å²) in [4.78, 5) is 0. The van der Waals surface area contributed by atoms with Gasteiger partial charge in [0, 0.05) is 20.3 Å². The van der Waals surface area contributed by atoms with Crippen molar-refractivity contribution in [1.29, 1.82) is 0 Å². The number of rotatable bonds is 4. The summed E-state index contributed by atoms with van der Waals surface area (Å²) in [6.45, 7) is 2.25. The van der Waals surface area contributed by atoms with Crippen LogP contribution >= 0.6 is 27.3 Å². The molecule has 0 fully saturated rings. The molecule has 1 unspecified atom stereocenters. The first-order valence-electron chi connectivity index (χ1n) is 6.70. The van der Waals surface area contributed by atoms with Gasteiger partial charge in [-0.2, -0.15) is 0 Å². The highest BCUT2D eigenvalue weighted by Crippen LogP contribution is 2.31. The second-order valence-electron chi connectivity index (χ2n) is 4.90. The van der Waals surface area contributed by atoms with Gasteiger partial charge in [-0.25, -0.2) is 0 Å². The van der Waals surface area contributed by atoms with Crippen LogP contribution in [0, 0.1) is 0 Å². The summed E-state index contributed by atoms with van der Waals surface area (Å²) in [5.41, 5.74) is 1.98. The van der Waals surface area contributed by atoms with Gasteiger partial charge in [0.25, 0.3) is 0 Å². The summed E-state index contributed by atoms with van der Waals surface area (Å²) in [7, 11) is 0. The summed E-state index contributed by atoms with van der Waals surface area (Å²) >= 11 is 5.17. The van der Waals surface area contributed by atoms with Gasteiger partial charge in [-0.1, -0.05) is 40.2 Å². The van der Waals surface area contributed by atoms with Gasteiger partial charge >= 0.3 is 0 Å². The molecule has 108 valence electrons. The van der Waals surface area contributed by atoms with E-state index in [1.165, 1.54) is 15.6 Å². The van der Waals surface area contributed by atoms with Crippen molar-refractivity contribution in [2.24, 2.45) is 0 Å². The number of hydrogen-bond acceptors (Lipinski definition) is 3. The minimum Gasteiger partial charge on any atom is -0.488 e. The van der Waals surface area contributed by atoms with Gasteiger partial charge in [0.05, 0.1) is 6.10 Å². The van der Waals surface area contributed by atoms with Crippen LogP contribution in [0.5, 0.6) is 5.75 Å². The standard InChI is InChI=1S/C17H15BrO2S/c1-11(19)14-7-6-13(18)8-16(14)20-9-12-10-21-17-5-3-2-4-15(12)17/h2-8,10-11,19H,9H2,1H3. The first kappa shape index (κ1) is 14.6. The maximum Gasteiger partial charge on any atom is 0.126 e. The van der Waals surface area contributed by atoms with Crippen molar-refractivity contribution in [2.75, 3.05) is 0 Å². The average Bonchev–Trinajstić information content (AvgIpc) is 2.88. The first-order chi connectivity index (χ1) is 10.1. The van der Waals surface area contributed by atoms with Crippen LogP contribution < -0.4 is 4.74 Å². The fourth-order valence-corrected chi connectivity index (χ4v) is 3.57. The predicted octanol–water partition coefficient (Wildman–Crippen LogP) is 5.30. The Morgan fingerprint density at radius 2 is 2.05 bits per heavy atom. The summed E-state index contributed by atoms with van der Waals surface area (Å²) in [5.74, 6) is 0.717. The fraction of sp³-hybridized carbons (Fsp3) is 0.176. The molecule has 0 amide bonds. The van der Waals surface area contributed by atoms with Crippen molar-refractivity contribution in [2.45, 2.75) is 19.6 Å². The van der Waals surface area contributed by atoms with E-state index >= 15 is 0 Å². The van der Waals surface area contributed by atoms with Crippen LogP contribution in [-0.2, 0) is 6.61 Å². The molecule has 0 radical (unpaired) electrons. The number of thiophene rings is 1. The molecular weight excluding hydrogens is 348 g/mol. The Bertz CT molecular complexity index is 764. The van der Waals surface area contributed by atoms with Crippen LogP contribution in [0.4, 0.5) is 0 Å². The van der Waals surface area contributed by atoms with E-state index < -0.39 is 6.10 Å². The van der Waals surface area contributed by atoms with Gasteiger partial charge in [0.2, 0.25) is 0 Å². The summed E-state index contributed by atoms with van der Waals surface area (Å²) < 4.78 is 8.16. The van der Waals surface area contributed by atoms with Gasteiger partial charge < -0.3 is 9.84 Å². The third kappa shape index (κ3) is 3.12. The lowest BCUT2D eigenvalue weighted by atomic mass is 10.1. The smallest absolute Gasteiger partial charge is 0.126 e. The van der Waals surface area contributed by atoms with E-state index in [9.17, 15) is 5.11 Å². The number of fused-ring (bicyclic) bond motifs is 1. The molecule has 0 aliphatic heterocycles. The summed E-state index contributed by atoms with van der Waals surface area (Å²) in [6.07, 6.45) is -0.549. The van der Waals surface area contributed by atoms with Crippen LogP contribution in [0.1, 0.15) is 24.2 Å². The lowest BCUT2D eigenvalue weighted by Crippen LogP contribution is -2.00. The highest BCUT2D eigenvalue weighted by atomic mass is 79.9. The van der Waals surface area contributed by atoms with Crippen molar-refractivity contribution < 1.29 is 9.84 Å². The molecule has 1 aromatic heterocycles. The Morgan fingerprint density at radius 1 is 1.24 bits per heavy atom. The van der Waals surface area contributed by atoms with Crippen LogP contribution in [0.15, 0.2) is 52.3 Å². The quantitative estimate of drug-likeness (QED) is 0.682.